The molecule has 0 fully saturated rings. The maximum absolute atomic E-state index is 12.3. The molecule has 3 amide bonds. The molecule has 1 aromatic heterocycles. The van der Waals surface area contributed by atoms with Gasteiger partial charge in [0, 0.05) is 69.6 Å². The predicted octanol–water partition coefficient (Wildman–Crippen LogP) is 3.93. The molecule has 53 heavy (non-hydrogen) atoms. The number of nitrogen functional groups attached to an aromatic ring is 2. The van der Waals surface area contributed by atoms with Crippen molar-refractivity contribution >= 4 is 41.1 Å². The first-order valence-electron chi connectivity index (χ1n) is 18.5. The molecule has 298 valence electrons. The van der Waals surface area contributed by atoms with Crippen molar-refractivity contribution in [2.45, 2.75) is 83.5 Å². The minimum Gasteiger partial charge on any atom is -0.493 e. The van der Waals surface area contributed by atoms with Crippen molar-refractivity contribution in [3.05, 3.63) is 29.5 Å². The zero-order valence-corrected chi connectivity index (χ0v) is 32.2. The second kappa shape index (κ2) is 28.4. The van der Waals surface area contributed by atoms with E-state index < -0.39 is 0 Å². The summed E-state index contributed by atoms with van der Waals surface area (Å²) in [7, 11) is 3.12. The highest BCUT2D eigenvalue weighted by atomic mass is 35.5. The van der Waals surface area contributed by atoms with Crippen molar-refractivity contribution in [3.63, 3.8) is 0 Å². The monoisotopic (exact) mass is 765 g/mol. The first-order chi connectivity index (χ1) is 25.8. The summed E-state index contributed by atoms with van der Waals surface area (Å²) in [5.74, 6) is 2.32. The lowest BCUT2D eigenvalue weighted by atomic mass is 10.1. The number of anilines is 2. The molecule has 7 N–H and O–H groups in total. The average Bonchev–Trinajstić information content (AvgIpc) is 3.15. The number of aromatic nitrogens is 2. The molecule has 0 radical (unpaired) electrons. The van der Waals surface area contributed by atoms with Crippen LogP contribution in [0.2, 0.25) is 0 Å². The van der Waals surface area contributed by atoms with Gasteiger partial charge >= 0.3 is 0 Å². The van der Waals surface area contributed by atoms with Gasteiger partial charge in [0.05, 0.1) is 40.6 Å². The Balaban J connectivity index is 1.46. The largest absolute Gasteiger partial charge is 0.493 e. The van der Waals surface area contributed by atoms with Crippen LogP contribution >= 0.6 is 11.6 Å². The number of nitrogens with zero attached hydrogens (tertiary/aromatic N) is 2. The number of alkyl halides is 1. The maximum Gasteiger partial charge on any atom is 0.221 e. The molecule has 1 heterocycles. The molecule has 0 bridgehead atoms. The van der Waals surface area contributed by atoms with Crippen LogP contribution in [-0.4, -0.2) is 100 Å². The number of carbonyl (C=O) groups excluding carboxylic acids is 3. The van der Waals surface area contributed by atoms with Crippen molar-refractivity contribution in [2.75, 3.05) is 84.2 Å². The summed E-state index contributed by atoms with van der Waals surface area (Å²) in [6.07, 6.45) is 10.8. The zero-order valence-electron chi connectivity index (χ0n) is 31.5. The van der Waals surface area contributed by atoms with Gasteiger partial charge in [0.2, 0.25) is 29.4 Å². The number of rotatable bonds is 31. The first-order valence-corrected chi connectivity index (χ1v) is 19.1. The number of amides is 3. The third-order valence-corrected chi connectivity index (χ3v) is 8.33. The number of benzene rings is 1. The summed E-state index contributed by atoms with van der Waals surface area (Å²) in [5, 5.41) is 8.54. The van der Waals surface area contributed by atoms with Gasteiger partial charge < -0.3 is 51.1 Å². The lowest BCUT2D eigenvalue weighted by Gasteiger charge is -2.16. The molecule has 0 saturated heterocycles. The Bertz CT molecular complexity index is 1330. The number of hydrogen-bond acceptors (Lipinski definition) is 12. The van der Waals surface area contributed by atoms with Gasteiger partial charge in [-0.3, -0.25) is 14.4 Å². The van der Waals surface area contributed by atoms with E-state index >= 15 is 0 Å². The van der Waals surface area contributed by atoms with E-state index in [4.69, 9.17) is 46.8 Å². The highest BCUT2D eigenvalue weighted by Gasteiger charge is 2.16. The Hall–Kier alpha value is -4.08. The summed E-state index contributed by atoms with van der Waals surface area (Å²) >= 11 is 5.66. The van der Waals surface area contributed by atoms with Gasteiger partial charge in [-0.05, 0) is 62.6 Å². The standard InChI is InChI=1S/C37H60ClN7O8/c1-49-30-25-28(24-29-27-44-37(40)45-36(29)39)26-31(50-2)35(30)53-20-11-6-12-32(46)41-16-8-5-9-17-42-33(47)13-14-34(48)43-18-21-52-23-22-51-19-10-4-3-7-15-38/h25-27H,3-24H2,1-2H3,(H,41,46)(H,42,47)(H,43,48)(H4,39,40,44,45). The van der Waals surface area contributed by atoms with Crippen LogP contribution in [0.25, 0.3) is 0 Å². The third kappa shape index (κ3) is 20.7. The Morgan fingerprint density at radius 1 is 0.679 bits per heavy atom. The number of methoxy groups -OCH3 is 2. The normalized spacial score (nSPS) is 10.8. The number of halogens is 1. The Morgan fingerprint density at radius 3 is 1.87 bits per heavy atom. The molecule has 0 aliphatic carbocycles. The Labute approximate surface area is 318 Å². The first kappa shape index (κ1) is 45.1. The predicted molar refractivity (Wildman–Crippen MR) is 205 cm³/mol. The van der Waals surface area contributed by atoms with Crippen LogP contribution < -0.4 is 41.6 Å². The number of carbonyl (C=O) groups is 3. The van der Waals surface area contributed by atoms with Gasteiger partial charge in [-0.15, -0.1) is 11.6 Å². The van der Waals surface area contributed by atoms with Crippen LogP contribution in [0.1, 0.15) is 88.2 Å². The molecule has 0 atom stereocenters. The fourth-order valence-corrected chi connectivity index (χ4v) is 5.33. The molecule has 1 aromatic carbocycles. The SMILES string of the molecule is COc1cc(Cc2cnc(N)nc2N)cc(OC)c1OCCCCC(=O)NCCCCCNC(=O)CCC(=O)NCCOCCOCCCCCCCl. The van der Waals surface area contributed by atoms with Gasteiger partial charge in [-0.25, -0.2) is 4.98 Å². The summed E-state index contributed by atoms with van der Waals surface area (Å²) in [6.45, 7) is 4.02. The second-order valence-electron chi connectivity index (χ2n) is 12.4. The molecule has 2 aromatic rings. The summed E-state index contributed by atoms with van der Waals surface area (Å²) in [4.78, 5) is 44.3. The fourth-order valence-electron chi connectivity index (χ4n) is 5.14. The maximum atomic E-state index is 12.3. The number of ether oxygens (including phenoxy) is 5. The van der Waals surface area contributed by atoms with Gasteiger partial charge in [-0.2, -0.15) is 4.98 Å². The van der Waals surface area contributed by atoms with Crippen LogP contribution in [0.3, 0.4) is 0 Å². The van der Waals surface area contributed by atoms with Crippen LogP contribution in [0.15, 0.2) is 18.3 Å². The lowest BCUT2D eigenvalue weighted by Crippen LogP contribution is -2.30. The highest BCUT2D eigenvalue weighted by molar-refractivity contribution is 6.17. The van der Waals surface area contributed by atoms with Crippen LogP contribution in [0.5, 0.6) is 17.2 Å². The quantitative estimate of drug-likeness (QED) is 0.0546. The summed E-state index contributed by atoms with van der Waals surface area (Å²) < 4.78 is 28.1. The van der Waals surface area contributed by atoms with Crippen LogP contribution in [-0.2, 0) is 30.3 Å². The minimum atomic E-state index is -0.180. The second-order valence-corrected chi connectivity index (χ2v) is 12.8. The number of unbranched alkanes of at least 4 members (excludes halogenated alkanes) is 6. The molecule has 15 nitrogen and oxygen atoms in total. The van der Waals surface area contributed by atoms with Crippen molar-refractivity contribution in [1.29, 1.82) is 0 Å². The van der Waals surface area contributed by atoms with E-state index in [0.29, 0.717) is 101 Å². The molecule has 0 spiro atoms. The van der Waals surface area contributed by atoms with E-state index in [0.717, 1.165) is 62.7 Å². The van der Waals surface area contributed by atoms with Gasteiger partial charge in [0.15, 0.2) is 11.5 Å². The van der Waals surface area contributed by atoms with Crippen molar-refractivity contribution in [1.82, 2.24) is 25.9 Å². The number of nitrogens with two attached hydrogens (primary N) is 2. The van der Waals surface area contributed by atoms with Gasteiger partial charge in [0.1, 0.15) is 5.82 Å². The Morgan fingerprint density at radius 2 is 1.25 bits per heavy atom. The van der Waals surface area contributed by atoms with E-state index in [-0.39, 0.29) is 36.5 Å². The van der Waals surface area contributed by atoms with Crippen molar-refractivity contribution in [2.24, 2.45) is 0 Å². The van der Waals surface area contributed by atoms with Crippen molar-refractivity contribution in [3.8, 4) is 17.2 Å². The zero-order chi connectivity index (χ0) is 38.5. The molecule has 0 saturated carbocycles. The van der Waals surface area contributed by atoms with E-state index in [1.54, 1.807) is 20.4 Å². The summed E-state index contributed by atoms with van der Waals surface area (Å²) in [6, 6.07) is 3.70. The molecule has 0 unspecified atom stereocenters. The highest BCUT2D eigenvalue weighted by Crippen LogP contribution is 2.39. The molecular formula is C37H60ClN7O8. The van der Waals surface area contributed by atoms with E-state index in [1.807, 2.05) is 12.1 Å². The topological polar surface area (TPSA) is 211 Å². The van der Waals surface area contributed by atoms with Gasteiger partial charge in [0.25, 0.3) is 0 Å². The molecular weight excluding hydrogens is 706 g/mol. The van der Waals surface area contributed by atoms with E-state index in [1.165, 1.54) is 0 Å². The Kier molecular flexibility index (Phi) is 24.2. The van der Waals surface area contributed by atoms with Gasteiger partial charge in [-0.1, -0.05) is 12.8 Å². The van der Waals surface area contributed by atoms with Crippen LogP contribution in [0, 0.1) is 0 Å². The molecule has 16 heteroatoms. The minimum absolute atomic E-state index is 0.0114. The molecule has 2 rings (SSSR count). The molecule has 0 aliphatic rings. The smallest absolute Gasteiger partial charge is 0.221 e. The van der Waals surface area contributed by atoms with Crippen LogP contribution in [0.4, 0.5) is 11.8 Å². The lowest BCUT2D eigenvalue weighted by molar-refractivity contribution is -0.126. The third-order valence-electron chi connectivity index (χ3n) is 8.07. The fraction of sp³-hybridized carbons (Fsp3) is 0.649. The number of nitrogens with one attached hydrogen (secondary N) is 3. The van der Waals surface area contributed by atoms with Crippen molar-refractivity contribution < 1.29 is 38.1 Å². The van der Waals surface area contributed by atoms with E-state index in [9.17, 15) is 14.4 Å². The molecule has 0 aliphatic heterocycles. The average molecular weight is 766 g/mol. The van der Waals surface area contributed by atoms with E-state index in [2.05, 4.69) is 25.9 Å². The number of hydrogen-bond donors (Lipinski definition) is 5. The summed E-state index contributed by atoms with van der Waals surface area (Å²) in [5.41, 5.74) is 13.2.